The summed E-state index contributed by atoms with van der Waals surface area (Å²) < 4.78 is 13.3. The van der Waals surface area contributed by atoms with E-state index in [4.69, 9.17) is 11.0 Å². The highest BCUT2D eigenvalue weighted by Gasteiger charge is 2.04. The second-order valence-corrected chi connectivity index (χ2v) is 4.44. The van der Waals surface area contributed by atoms with E-state index in [0.717, 1.165) is 5.75 Å². The summed E-state index contributed by atoms with van der Waals surface area (Å²) in [5.74, 6) is 1.09. The lowest BCUT2D eigenvalue weighted by Crippen LogP contribution is -2.17. The third-order valence-corrected chi connectivity index (χ3v) is 3.09. The van der Waals surface area contributed by atoms with Gasteiger partial charge in [0.1, 0.15) is 5.82 Å². The molecule has 2 nitrogen and oxygen atoms in total. The third-order valence-electron chi connectivity index (χ3n) is 1.81. The molecule has 0 aliphatic carbocycles. The zero-order valence-corrected chi connectivity index (χ0v) is 9.35. The second-order valence-electron chi connectivity index (χ2n) is 3.41. The number of hydrogen-bond donors (Lipinski definition) is 1. The van der Waals surface area contributed by atoms with E-state index in [-0.39, 0.29) is 11.9 Å². The van der Waals surface area contributed by atoms with Crippen molar-refractivity contribution in [2.75, 3.05) is 5.75 Å². The molecule has 0 aliphatic rings. The summed E-state index contributed by atoms with van der Waals surface area (Å²) in [6.07, 6.45) is 0. The Morgan fingerprint density at radius 1 is 1.60 bits per heavy atom. The summed E-state index contributed by atoms with van der Waals surface area (Å²) in [5, 5.41) is 8.67. The monoisotopic (exact) mass is 224 g/mol. The predicted molar refractivity (Wildman–Crippen MR) is 60.9 cm³/mol. The standard InChI is InChI=1S/C11H13FN2S/c1-8(14)6-15-7-10-4-9(5-13)2-3-11(10)12/h2-4,8H,6-7,14H2,1H3. The summed E-state index contributed by atoms with van der Waals surface area (Å²) in [6, 6.07) is 6.50. The number of hydrogen-bond acceptors (Lipinski definition) is 3. The minimum atomic E-state index is -0.258. The van der Waals surface area contributed by atoms with Crippen LogP contribution in [0.5, 0.6) is 0 Å². The third kappa shape index (κ3) is 3.90. The maximum Gasteiger partial charge on any atom is 0.127 e. The van der Waals surface area contributed by atoms with Gasteiger partial charge >= 0.3 is 0 Å². The van der Waals surface area contributed by atoms with Crippen LogP contribution < -0.4 is 5.73 Å². The second kappa shape index (κ2) is 5.74. The van der Waals surface area contributed by atoms with Crippen LogP contribution in [0.25, 0.3) is 0 Å². The first-order valence-corrected chi connectivity index (χ1v) is 5.81. The summed E-state index contributed by atoms with van der Waals surface area (Å²) in [6.45, 7) is 1.91. The number of rotatable bonds is 4. The van der Waals surface area contributed by atoms with Crippen LogP contribution in [0.1, 0.15) is 18.1 Å². The van der Waals surface area contributed by atoms with Gasteiger partial charge in [0.05, 0.1) is 11.6 Å². The molecule has 0 amide bonds. The average molecular weight is 224 g/mol. The molecule has 0 heterocycles. The van der Waals surface area contributed by atoms with Gasteiger partial charge in [0.2, 0.25) is 0 Å². The molecular formula is C11H13FN2S. The van der Waals surface area contributed by atoms with Gasteiger partial charge < -0.3 is 5.73 Å². The van der Waals surface area contributed by atoms with Crippen LogP contribution >= 0.6 is 11.8 Å². The van der Waals surface area contributed by atoms with Gasteiger partial charge in [0.15, 0.2) is 0 Å². The fourth-order valence-electron chi connectivity index (χ4n) is 1.11. The number of halogens is 1. The predicted octanol–water partition coefficient (Wildman–Crippen LogP) is 2.28. The van der Waals surface area contributed by atoms with Crippen molar-refractivity contribution < 1.29 is 4.39 Å². The number of benzene rings is 1. The molecule has 0 saturated carbocycles. The van der Waals surface area contributed by atoms with Gasteiger partial charge in [-0.2, -0.15) is 17.0 Å². The van der Waals surface area contributed by atoms with Crippen LogP contribution in [-0.4, -0.2) is 11.8 Å². The Bertz CT molecular complexity index is 371. The molecule has 0 bridgehead atoms. The molecule has 2 N–H and O–H groups in total. The maximum absolute atomic E-state index is 13.3. The molecule has 1 rings (SSSR count). The van der Waals surface area contributed by atoms with Crippen molar-refractivity contribution >= 4 is 11.8 Å². The molecule has 1 atom stereocenters. The highest BCUT2D eigenvalue weighted by atomic mass is 32.2. The Hall–Kier alpha value is -1.05. The van der Waals surface area contributed by atoms with Gasteiger partial charge in [0, 0.05) is 17.5 Å². The van der Waals surface area contributed by atoms with Crippen LogP contribution in [0.2, 0.25) is 0 Å². The highest BCUT2D eigenvalue weighted by Crippen LogP contribution is 2.17. The van der Waals surface area contributed by atoms with E-state index in [9.17, 15) is 4.39 Å². The van der Waals surface area contributed by atoms with Crippen LogP contribution in [0.15, 0.2) is 18.2 Å². The van der Waals surface area contributed by atoms with Gasteiger partial charge in [-0.25, -0.2) is 4.39 Å². The lowest BCUT2D eigenvalue weighted by atomic mass is 10.1. The van der Waals surface area contributed by atoms with Crippen molar-refractivity contribution in [1.82, 2.24) is 0 Å². The lowest BCUT2D eigenvalue weighted by Gasteiger charge is -2.06. The van der Waals surface area contributed by atoms with E-state index < -0.39 is 0 Å². The Morgan fingerprint density at radius 2 is 2.33 bits per heavy atom. The maximum atomic E-state index is 13.3. The Morgan fingerprint density at radius 3 is 2.93 bits per heavy atom. The first-order chi connectivity index (χ1) is 7.13. The molecule has 0 aliphatic heterocycles. The van der Waals surface area contributed by atoms with Crippen LogP contribution in [0.4, 0.5) is 4.39 Å². The van der Waals surface area contributed by atoms with E-state index in [1.807, 2.05) is 13.0 Å². The topological polar surface area (TPSA) is 49.8 Å². The fourth-order valence-corrected chi connectivity index (χ4v) is 2.04. The van der Waals surface area contributed by atoms with Crippen molar-refractivity contribution in [3.05, 3.63) is 35.1 Å². The summed E-state index contributed by atoms with van der Waals surface area (Å²) in [5.41, 5.74) is 6.65. The number of nitrogens with zero attached hydrogens (tertiary/aromatic N) is 1. The molecule has 0 aromatic heterocycles. The van der Waals surface area contributed by atoms with E-state index in [1.54, 1.807) is 17.8 Å². The molecule has 0 saturated heterocycles. The van der Waals surface area contributed by atoms with Gasteiger partial charge in [-0.1, -0.05) is 0 Å². The van der Waals surface area contributed by atoms with Gasteiger partial charge in [-0.3, -0.25) is 0 Å². The van der Waals surface area contributed by atoms with E-state index >= 15 is 0 Å². The summed E-state index contributed by atoms with van der Waals surface area (Å²) in [7, 11) is 0. The van der Waals surface area contributed by atoms with Crippen LogP contribution in [-0.2, 0) is 5.75 Å². The quantitative estimate of drug-likeness (QED) is 0.853. The Kier molecular flexibility index (Phi) is 4.60. The van der Waals surface area contributed by atoms with Crippen molar-refractivity contribution in [3.63, 3.8) is 0 Å². The van der Waals surface area contributed by atoms with Crippen molar-refractivity contribution in [2.24, 2.45) is 5.73 Å². The van der Waals surface area contributed by atoms with Gasteiger partial charge in [-0.15, -0.1) is 0 Å². The van der Waals surface area contributed by atoms with E-state index in [0.29, 0.717) is 16.9 Å². The number of nitriles is 1. The fraction of sp³-hybridized carbons (Fsp3) is 0.364. The number of thioether (sulfide) groups is 1. The molecule has 15 heavy (non-hydrogen) atoms. The first kappa shape index (κ1) is 12.0. The van der Waals surface area contributed by atoms with E-state index in [1.165, 1.54) is 12.1 Å². The molecule has 0 spiro atoms. The smallest absolute Gasteiger partial charge is 0.127 e. The molecule has 0 fully saturated rings. The highest BCUT2D eigenvalue weighted by molar-refractivity contribution is 7.98. The van der Waals surface area contributed by atoms with Gasteiger partial charge in [0.25, 0.3) is 0 Å². The normalized spacial score (nSPS) is 12.1. The average Bonchev–Trinajstić information content (AvgIpc) is 2.20. The van der Waals surface area contributed by atoms with Crippen LogP contribution in [0, 0.1) is 17.1 Å². The van der Waals surface area contributed by atoms with Crippen molar-refractivity contribution in [1.29, 1.82) is 5.26 Å². The zero-order chi connectivity index (χ0) is 11.3. The molecule has 0 radical (unpaired) electrons. The summed E-state index contributed by atoms with van der Waals surface area (Å²) >= 11 is 1.57. The Balaban J connectivity index is 2.64. The molecule has 1 aromatic carbocycles. The molecule has 1 unspecified atom stereocenters. The molecule has 1 aromatic rings. The Labute approximate surface area is 93.3 Å². The zero-order valence-electron chi connectivity index (χ0n) is 8.53. The largest absolute Gasteiger partial charge is 0.327 e. The summed E-state index contributed by atoms with van der Waals surface area (Å²) in [4.78, 5) is 0. The minimum Gasteiger partial charge on any atom is -0.327 e. The van der Waals surface area contributed by atoms with Gasteiger partial charge in [-0.05, 0) is 30.7 Å². The van der Waals surface area contributed by atoms with Crippen LogP contribution in [0.3, 0.4) is 0 Å². The minimum absolute atomic E-state index is 0.109. The van der Waals surface area contributed by atoms with Crippen molar-refractivity contribution in [2.45, 2.75) is 18.7 Å². The molecule has 80 valence electrons. The molecule has 4 heteroatoms. The lowest BCUT2D eigenvalue weighted by molar-refractivity contribution is 0.617. The van der Waals surface area contributed by atoms with E-state index in [2.05, 4.69) is 0 Å². The molecular weight excluding hydrogens is 211 g/mol. The SMILES string of the molecule is CC(N)CSCc1cc(C#N)ccc1F. The number of nitrogens with two attached hydrogens (primary N) is 1. The van der Waals surface area contributed by atoms with Crippen molar-refractivity contribution in [3.8, 4) is 6.07 Å². The first-order valence-electron chi connectivity index (χ1n) is 4.65.